The molecule has 0 aliphatic carbocycles. The van der Waals surface area contributed by atoms with E-state index in [1.54, 1.807) is 20.4 Å². The minimum absolute atomic E-state index is 0.0403. The van der Waals surface area contributed by atoms with Crippen molar-refractivity contribution in [3.05, 3.63) is 78.4 Å². The molecule has 2 aromatic carbocycles. The van der Waals surface area contributed by atoms with Crippen LogP contribution in [0.25, 0.3) is 0 Å². The van der Waals surface area contributed by atoms with Gasteiger partial charge in [0.15, 0.2) is 0 Å². The van der Waals surface area contributed by atoms with Crippen molar-refractivity contribution < 1.29 is 14.3 Å². The number of hydrogen-bond donors (Lipinski definition) is 0. The first-order chi connectivity index (χ1) is 13.6. The Bertz CT molecular complexity index is 894. The van der Waals surface area contributed by atoms with Gasteiger partial charge in [-0.3, -0.25) is 4.84 Å². The lowest BCUT2D eigenvalue weighted by atomic mass is 9.83. The molecule has 0 bridgehead atoms. The summed E-state index contributed by atoms with van der Waals surface area (Å²) in [5.41, 5.74) is 1.99. The van der Waals surface area contributed by atoms with Crippen LogP contribution in [0.1, 0.15) is 23.7 Å². The van der Waals surface area contributed by atoms with Crippen molar-refractivity contribution in [1.82, 2.24) is 14.6 Å². The van der Waals surface area contributed by atoms with Gasteiger partial charge < -0.3 is 14.0 Å². The topological polar surface area (TPSA) is 48.8 Å². The smallest absolute Gasteiger partial charge is 0.118 e. The van der Waals surface area contributed by atoms with Gasteiger partial charge in [0.1, 0.15) is 17.6 Å². The third-order valence-electron chi connectivity index (χ3n) is 5.53. The average Bonchev–Trinajstić information content (AvgIpc) is 3.37. The van der Waals surface area contributed by atoms with E-state index in [0.717, 1.165) is 30.0 Å². The predicted molar refractivity (Wildman–Crippen MR) is 106 cm³/mol. The van der Waals surface area contributed by atoms with Gasteiger partial charge >= 0.3 is 0 Å². The predicted octanol–water partition coefficient (Wildman–Crippen LogP) is 3.80. The van der Waals surface area contributed by atoms with Crippen LogP contribution in [0.5, 0.6) is 11.5 Å². The zero-order chi connectivity index (χ0) is 19.6. The fraction of sp³-hybridized carbons (Fsp3) is 0.318. The molecule has 1 aliphatic heterocycles. The van der Waals surface area contributed by atoms with E-state index in [4.69, 9.17) is 14.3 Å². The standard InChI is InChI=1S/C22H25N3O3/c1-24-22(15-25-13-12-23-16-25,18-6-10-20(27-3)11-7-18)14-21(28-24)17-4-8-19(26-2)9-5-17/h4-13,16,21H,14-15H2,1-3H3/t21-,22+/m0/s1. The number of aromatic nitrogens is 2. The van der Waals surface area contributed by atoms with Crippen molar-refractivity contribution in [2.75, 3.05) is 21.3 Å². The molecule has 146 valence electrons. The second-order valence-electron chi connectivity index (χ2n) is 7.06. The summed E-state index contributed by atoms with van der Waals surface area (Å²) in [7, 11) is 5.36. The Hall–Kier alpha value is -2.83. The van der Waals surface area contributed by atoms with E-state index < -0.39 is 0 Å². The molecule has 4 rings (SSSR count). The quantitative estimate of drug-likeness (QED) is 0.652. The summed E-state index contributed by atoms with van der Waals surface area (Å²) in [6.45, 7) is 0.739. The number of rotatable bonds is 6. The summed E-state index contributed by atoms with van der Waals surface area (Å²) >= 11 is 0. The highest BCUT2D eigenvalue weighted by Gasteiger charge is 2.47. The van der Waals surface area contributed by atoms with Crippen molar-refractivity contribution in [2.45, 2.75) is 24.6 Å². The number of benzene rings is 2. The van der Waals surface area contributed by atoms with Crippen molar-refractivity contribution in [3.8, 4) is 11.5 Å². The molecule has 0 amide bonds. The molecule has 0 N–H and O–H groups in total. The van der Waals surface area contributed by atoms with Crippen LogP contribution in [0, 0.1) is 0 Å². The van der Waals surface area contributed by atoms with Crippen molar-refractivity contribution >= 4 is 0 Å². The maximum Gasteiger partial charge on any atom is 0.118 e. The van der Waals surface area contributed by atoms with Crippen LogP contribution in [-0.4, -0.2) is 35.9 Å². The lowest BCUT2D eigenvalue weighted by Crippen LogP contribution is -2.41. The summed E-state index contributed by atoms with van der Waals surface area (Å²) in [6, 6.07) is 16.3. The molecule has 1 aromatic heterocycles. The fourth-order valence-electron chi connectivity index (χ4n) is 3.90. The number of likely N-dealkylation sites (N-methyl/N-ethyl adjacent to an activating group) is 1. The molecule has 0 radical (unpaired) electrons. The molecule has 0 saturated carbocycles. The molecular formula is C22H25N3O3. The summed E-state index contributed by atoms with van der Waals surface area (Å²) in [5.74, 6) is 1.68. The maximum atomic E-state index is 6.32. The SMILES string of the molecule is COc1ccc([C@@H]2C[C@@](Cn3ccnc3)(c3ccc(OC)cc3)N(C)O2)cc1. The Morgan fingerprint density at radius 3 is 2.25 bits per heavy atom. The van der Waals surface area contributed by atoms with Crippen molar-refractivity contribution in [1.29, 1.82) is 0 Å². The molecule has 2 atom stereocenters. The molecule has 0 spiro atoms. The maximum absolute atomic E-state index is 6.32. The first-order valence-corrected chi connectivity index (χ1v) is 9.29. The van der Waals surface area contributed by atoms with Gasteiger partial charge in [0.2, 0.25) is 0 Å². The normalized spacial score (nSPS) is 22.3. The molecule has 1 saturated heterocycles. The van der Waals surface area contributed by atoms with Gasteiger partial charge in [-0.25, -0.2) is 4.98 Å². The Balaban J connectivity index is 1.69. The van der Waals surface area contributed by atoms with E-state index >= 15 is 0 Å². The fourth-order valence-corrected chi connectivity index (χ4v) is 3.90. The number of nitrogens with zero attached hydrogens (tertiary/aromatic N) is 3. The molecule has 2 heterocycles. The highest BCUT2D eigenvalue weighted by Crippen LogP contribution is 2.47. The van der Waals surface area contributed by atoms with Crippen molar-refractivity contribution in [2.24, 2.45) is 0 Å². The number of hydroxylamine groups is 2. The number of hydrogen-bond acceptors (Lipinski definition) is 5. The van der Waals surface area contributed by atoms with E-state index in [9.17, 15) is 0 Å². The molecule has 0 unspecified atom stereocenters. The molecule has 28 heavy (non-hydrogen) atoms. The van der Waals surface area contributed by atoms with E-state index in [1.165, 1.54) is 5.56 Å². The summed E-state index contributed by atoms with van der Waals surface area (Å²) in [4.78, 5) is 10.5. The lowest BCUT2D eigenvalue weighted by molar-refractivity contribution is -0.176. The van der Waals surface area contributed by atoms with Crippen molar-refractivity contribution in [3.63, 3.8) is 0 Å². The Morgan fingerprint density at radius 1 is 1.04 bits per heavy atom. The Labute approximate surface area is 165 Å². The molecule has 3 aromatic rings. The van der Waals surface area contributed by atoms with Crippen LogP contribution in [0.4, 0.5) is 0 Å². The Morgan fingerprint density at radius 2 is 1.68 bits per heavy atom. The van der Waals surface area contributed by atoms with Gasteiger partial charge in [-0.15, -0.1) is 0 Å². The molecule has 1 aliphatic rings. The van der Waals surface area contributed by atoms with Crippen LogP contribution >= 0.6 is 0 Å². The lowest BCUT2D eigenvalue weighted by Gasteiger charge is -2.35. The second-order valence-corrected chi connectivity index (χ2v) is 7.06. The van der Waals surface area contributed by atoms with Gasteiger partial charge in [0.05, 0.1) is 26.1 Å². The van der Waals surface area contributed by atoms with Gasteiger partial charge in [0, 0.05) is 32.4 Å². The third kappa shape index (κ3) is 3.37. The number of imidazole rings is 1. The van der Waals surface area contributed by atoms with E-state index in [0.29, 0.717) is 0 Å². The molecule has 6 heteroatoms. The largest absolute Gasteiger partial charge is 0.497 e. The zero-order valence-electron chi connectivity index (χ0n) is 16.4. The Kier molecular flexibility index (Phi) is 5.07. The van der Waals surface area contributed by atoms with Crippen LogP contribution in [0.2, 0.25) is 0 Å². The van der Waals surface area contributed by atoms with Gasteiger partial charge in [0.25, 0.3) is 0 Å². The van der Waals surface area contributed by atoms with Gasteiger partial charge in [-0.1, -0.05) is 24.3 Å². The second kappa shape index (κ2) is 7.66. The van der Waals surface area contributed by atoms with Gasteiger partial charge in [-0.2, -0.15) is 5.06 Å². The first-order valence-electron chi connectivity index (χ1n) is 9.29. The van der Waals surface area contributed by atoms with Crippen LogP contribution < -0.4 is 9.47 Å². The van der Waals surface area contributed by atoms with E-state index in [1.807, 2.05) is 48.9 Å². The van der Waals surface area contributed by atoms with Crippen LogP contribution in [0.15, 0.2) is 67.3 Å². The highest BCUT2D eigenvalue weighted by atomic mass is 16.7. The minimum atomic E-state index is -0.322. The number of ether oxygens (including phenoxy) is 2. The average molecular weight is 379 g/mol. The van der Waals surface area contributed by atoms with Gasteiger partial charge in [-0.05, 0) is 35.4 Å². The van der Waals surface area contributed by atoms with Crippen LogP contribution in [0.3, 0.4) is 0 Å². The summed E-state index contributed by atoms with van der Waals surface area (Å²) in [5, 5.41) is 1.99. The first kappa shape index (κ1) is 18.5. The van der Waals surface area contributed by atoms with E-state index in [2.05, 4.69) is 33.8 Å². The molecule has 6 nitrogen and oxygen atoms in total. The molecular weight excluding hydrogens is 354 g/mol. The summed E-state index contributed by atoms with van der Waals surface area (Å²) in [6.07, 6.45) is 6.42. The summed E-state index contributed by atoms with van der Waals surface area (Å²) < 4.78 is 12.7. The zero-order valence-corrected chi connectivity index (χ0v) is 16.4. The molecule has 1 fully saturated rings. The highest BCUT2D eigenvalue weighted by molar-refractivity contribution is 5.34. The van der Waals surface area contributed by atoms with E-state index in [-0.39, 0.29) is 11.6 Å². The number of methoxy groups -OCH3 is 2. The third-order valence-corrected chi connectivity index (χ3v) is 5.53. The van der Waals surface area contributed by atoms with Crippen LogP contribution in [-0.2, 0) is 16.9 Å². The minimum Gasteiger partial charge on any atom is -0.497 e. The monoisotopic (exact) mass is 379 g/mol.